The van der Waals surface area contributed by atoms with E-state index in [2.05, 4.69) is 10.9 Å². The summed E-state index contributed by atoms with van der Waals surface area (Å²) < 4.78 is 11.2. The number of hydrazine groups is 1. The predicted molar refractivity (Wildman–Crippen MR) is 111 cm³/mol. The third kappa shape index (κ3) is 3.23. The molecule has 0 aliphatic carbocycles. The molecule has 0 saturated carbocycles. The number of hydrogen-bond acceptors (Lipinski definition) is 6. The second-order valence-electron chi connectivity index (χ2n) is 8.22. The van der Waals surface area contributed by atoms with E-state index in [1.165, 1.54) is 0 Å². The zero-order valence-corrected chi connectivity index (χ0v) is 17.0. The molecular weight excluding hydrogens is 382 g/mol. The van der Waals surface area contributed by atoms with E-state index in [9.17, 15) is 9.90 Å². The molecular formula is C23H27N3O4. The van der Waals surface area contributed by atoms with E-state index < -0.39 is 0 Å². The summed E-state index contributed by atoms with van der Waals surface area (Å²) >= 11 is 0. The van der Waals surface area contributed by atoms with Gasteiger partial charge in [0.15, 0.2) is 0 Å². The van der Waals surface area contributed by atoms with E-state index in [4.69, 9.17) is 9.47 Å². The molecule has 3 heterocycles. The summed E-state index contributed by atoms with van der Waals surface area (Å²) in [6.45, 7) is 1.34. The first-order valence-corrected chi connectivity index (χ1v) is 10.5. The molecule has 5 atom stereocenters. The Morgan fingerprint density at radius 1 is 1.13 bits per heavy atom. The van der Waals surface area contributed by atoms with Gasteiger partial charge in [0.1, 0.15) is 17.5 Å². The number of fused-ring (bicyclic) bond motifs is 1. The van der Waals surface area contributed by atoms with Crippen molar-refractivity contribution in [1.29, 1.82) is 0 Å². The molecule has 0 radical (unpaired) electrons. The van der Waals surface area contributed by atoms with Crippen LogP contribution in [0.2, 0.25) is 0 Å². The fraction of sp³-hybridized carbons (Fsp3) is 0.435. The minimum atomic E-state index is -0.358. The highest BCUT2D eigenvalue weighted by Gasteiger charge is 2.56. The smallest absolute Gasteiger partial charge is 0.242 e. The highest BCUT2D eigenvalue weighted by molar-refractivity contribution is 5.86. The molecule has 3 aliphatic heterocycles. The van der Waals surface area contributed by atoms with Crippen molar-refractivity contribution in [1.82, 2.24) is 15.8 Å². The van der Waals surface area contributed by atoms with Gasteiger partial charge in [-0.15, -0.1) is 0 Å². The number of likely N-dealkylation sites (tertiary alicyclic amines) is 1. The number of amides is 1. The topological polar surface area (TPSA) is 83.1 Å². The molecule has 1 amide bonds. The lowest BCUT2D eigenvalue weighted by molar-refractivity contribution is -0.132. The Labute approximate surface area is 175 Å². The zero-order valence-electron chi connectivity index (χ0n) is 17.0. The monoisotopic (exact) mass is 409 g/mol. The normalized spacial score (nSPS) is 30.6. The molecule has 3 N–H and O–H groups in total. The molecule has 0 aromatic heterocycles. The Kier molecular flexibility index (Phi) is 5.10. The number of methoxy groups -OCH3 is 1. The number of aromatic hydroxyl groups is 1. The summed E-state index contributed by atoms with van der Waals surface area (Å²) in [5.74, 6) is 1.02. The van der Waals surface area contributed by atoms with Crippen LogP contribution in [-0.4, -0.2) is 48.3 Å². The van der Waals surface area contributed by atoms with E-state index in [1.54, 1.807) is 13.2 Å². The average molecular weight is 409 g/mol. The molecule has 3 fully saturated rings. The second-order valence-corrected chi connectivity index (χ2v) is 8.22. The van der Waals surface area contributed by atoms with Crippen LogP contribution in [-0.2, 0) is 9.53 Å². The number of nitrogens with one attached hydrogen (secondary N) is 2. The number of para-hydroxylation sites is 1. The van der Waals surface area contributed by atoms with Gasteiger partial charge in [-0.05, 0) is 36.6 Å². The van der Waals surface area contributed by atoms with Crippen LogP contribution in [0.4, 0.5) is 0 Å². The van der Waals surface area contributed by atoms with Gasteiger partial charge >= 0.3 is 0 Å². The summed E-state index contributed by atoms with van der Waals surface area (Å²) in [6, 6.07) is 14.6. The van der Waals surface area contributed by atoms with Gasteiger partial charge in [-0.1, -0.05) is 30.3 Å². The maximum absolute atomic E-state index is 13.4. The summed E-state index contributed by atoms with van der Waals surface area (Å²) in [7, 11) is 1.65. The lowest BCUT2D eigenvalue weighted by atomic mass is 9.83. The van der Waals surface area contributed by atoms with Gasteiger partial charge in [-0.2, -0.15) is 0 Å². The van der Waals surface area contributed by atoms with Crippen LogP contribution in [0.15, 0.2) is 48.5 Å². The van der Waals surface area contributed by atoms with Crippen LogP contribution < -0.4 is 15.6 Å². The predicted octanol–water partition coefficient (Wildman–Crippen LogP) is 2.30. The SMILES string of the molecule is COc1ccc(C2C3C(NNC3c3ccccc3O)C(=O)N2CC2CCCO2)cc1. The standard InChI is InChI=1S/C23H27N3O4/c1-29-15-10-8-14(9-11-15)22-19-20(17-6-2-3-7-18(17)27)24-25-21(19)23(28)26(22)13-16-5-4-12-30-16/h2-3,6-11,16,19-22,24-25,27H,4-5,12-13H2,1H3. The molecule has 0 bridgehead atoms. The van der Waals surface area contributed by atoms with E-state index in [-0.39, 0.29) is 41.8 Å². The van der Waals surface area contributed by atoms with Crippen LogP contribution in [0.5, 0.6) is 11.5 Å². The summed E-state index contributed by atoms with van der Waals surface area (Å²) in [5, 5.41) is 10.5. The highest BCUT2D eigenvalue weighted by Crippen LogP contribution is 2.48. The minimum Gasteiger partial charge on any atom is -0.508 e. The first-order chi connectivity index (χ1) is 14.7. The Morgan fingerprint density at radius 2 is 1.90 bits per heavy atom. The van der Waals surface area contributed by atoms with Crippen LogP contribution in [0.1, 0.15) is 36.1 Å². The summed E-state index contributed by atoms with van der Waals surface area (Å²) in [6.07, 6.45) is 2.08. The van der Waals surface area contributed by atoms with Crippen molar-refractivity contribution in [2.45, 2.75) is 37.1 Å². The maximum atomic E-state index is 13.4. The number of hydrogen-bond donors (Lipinski definition) is 3. The Morgan fingerprint density at radius 3 is 2.60 bits per heavy atom. The fourth-order valence-corrected chi connectivity index (χ4v) is 5.13. The lowest BCUT2D eigenvalue weighted by Crippen LogP contribution is -2.43. The number of carbonyl (C=O) groups excluding carboxylic acids is 1. The molecule has 0 spiro atoms. The first-order valence-electron chi connectivity index (χ1n) is 10.5. The lowest BCUT2D eigenvalue weighted by Gasteiger charge is -2.32. The van der Waals surface area contributed by atoms with Crippen molar-refractivity contribution >= 4 is 5.91 Å². The molecule has 30 heavy (non-hydrogen) atoms. The Hall–Kier alpha value is -2.61. The third-order valence-electron chi connectivity index (χ3n) is 6.57. The molecule has 7 heteroatoms. The number of benzene rings is 2. The van der Waals surface area contributed by atoms with Crippen LogP contribution in [0.3, 0.4) is 0 Å². The molecule has 2 aromatic carbocycles. The van der Waals surface area contributed by atoms with Crippen molar-refractivity contribution in [3.63, 3.8) is 0 Å². The summed E-state index contributed by atoms with van der Waals surface area (Å²) in [4.78, 5) is 15.4. The molecule has 5 unspecified atom stereocenters. The van der Waals surface area contributed by atoms with Crippen LogP contribution in [0.25, 0.3) is 0 Å². The van der Waals surface area contributed by atoms with Gasteiger partial charge in [-0.3, -0.25) is 4.79 Å². The van der Waals surface area contributed by atoms with Gasteiger partial charge in [0.05, 0.1) is 25.3 Å². The quantitative estimate of drug-likeness (QED) is 0.703. The van der Waals surface area contributed by atoms with E-state index in [0.717, 1.165) is 36.3 Å². The molecule has 3 aliphatic rings. The fourth-order valence-electron chi connectivity index (χ4n) is 5.13. The van der Waals surface area contributed by atoms with Crippen LogP contribution >= 0.6 is 0 Å². The van der Waals surface area contributed by atoms with Gasteiger partial charge in [0.2, 0.25) is 5.91 Å². The number of rotatable bonds is 5. The minimum absolute atomic E-state index is 0.0689. The van der Waals surface area contributed by atoms with Crippen molar-refractivity contribution in [3.05, 3.63) is 59.7 Å². The van der Waals surface area contributed by atoms with Crippen molar-refractivity contribution in [2.75, 3.05) is 20.3 Å². The van der Waals surface area contributed by atoms with Crippen molar-refractivity contribution in [2.24, 2.45) is 5.92 Å². The molecule has 2 aromatic rings. The third-order valence-corrected chi connectivity index (χ3v) is 6.57. The van der Waals surface area contributed by atoms with Crippen molar-refractivity contribution < 1.29 is 19.4 Å². The van der Waals surface area contributed by atoms with Gasteiger partial charge in [0, 0.05) is 24.6 Å². The number of ether oxygens (including phenoxy) is 2. The molecule has 7 nitrogen and oxygen atoms in total. The number of phenolic OH excluding ortho intramolecular Hbond substituents is 1. The van der Waals surface area contributed by atoms with Gasteiger partial charge in [-0.25, -0.2) is 10.9 Å². The molecule has 5 rings (SSSR count). The maximum Gasteiger partial charge on any atom is 0.242 e. The number of nitrogens with zero attached hydrogens (tertiary/aromatic N) is 1. The largest absolute Gasteiger partial charge is 0.508 e. The van der Waals surface area contributed by atoms with Gasteiger partial charge in [0.25, 0.3) is 0 Å². The Balaban J connectivity index is 1.54. The van der Waals surface area contributed by atoms with Crippen molar-refractivity contribution in [3.8, 4) is 11.5 Å². The van der Waals surface area contributed by atoms with Crippen LogP contribution in [0, 0.1) is 5.92 Å². The van der Waals surface area contributed by atoms with Gasteiger partial charge < -0.3 is 19.5 Å². The molecule has 158 valence electrons. The second kappa shape index (κ2) is 7.91. The molecule has 3 saturated heterocycles. The average Bonchev–Trinajstić information content (AvgIpc) is 3.49. The Bertz CT molecular complexity index is 913. The van der Waals surface area contributed by atoms with E-state index >= 15 is 0 Å². The summed E-state index contributed by atoms with van der Waals surface area (Å²) in [5.41, 5.74) is 8.32. The number of phenols is 1. The van der Waals surface area contributed by atoms with E-state index in [1.807, 2.05) is 47.4 Å². The highest BCUT2D eigenvalue weighted by atomic mass is 16.5. The first kappa shape index (κ1) is 19.4. The zero-order chi connectivity index (χ0) is 20.7. The van der Waals surface area contributed by atoms with E-state index in [0.29, 0.717) is 6.54 Å². The number of carbonyl (C=O) groups is 1.